The zero-order valence-corrected chi connectivity index (χ0v) is 12.3. The van der Waals surface area contributed by atoms with E-state index in [2.05, 4.69) is 12.2 Å². The van der Waals surface area contributed by atoms with Gasteiger partial charge in [-0.1, -0.05) is 50.1 Å². The van der Waals surface area contributed by atoms with Crippen molar-refractivity contribution in [2.24, 2.45) is 5.41 Å². The molecular weight excluding hydrogens is 248 g/mol. The van der Waals surface area contributed by atoms with E-state index in [9.17, 15) is 4.79 Å². The number of hydrogen-bond acceptors (Lipinski definition) is 2. The van der Waals surface area contributed by atoms with Crippen molar-refractivity contribution in [3.8, 4) is 0 Å². The molecule has 1 heterocycles. The van der Waals surface area contributed by atoms with Crippen molar-refractivity contribution in [3.05, 3.63) is 35.9 Å². The van der Waals surface area contributed by atoms with E-state index in [1.165, 1.54) is 32.1 Å². The lowest BCUT2D eigenvalue weighted by Crippen LogP contribution is -2.37. The molecule has 1 saturated carbocycles. The smallest absolute Gasteiger partial charge is 0.245 e. The second kappa shape index (κ2) is 5.57. The second-order valence-electron chi connectivity index (χ2n) is 6.30. The third kappa shape index (κ3) is 2.47. The SMILES string of the molecule is CCC1(CN2CNC(c3ccccc3)C2=O)CCCC1. The molecule has 1 atom stereocenters. The summed E-state index contributed by atoms with van der Waals surface area (Å²) in [6.07, 6.45) is 6.40. The maximum absolute atomic E-state index is 12.6. The predicted octanol–water partition coefficient (Wildman–Crippen LogP) is 3.09. The fourth-order valence-corrected chi connectivity index (χ4v) is 3.74. The Bertz CT molecular complexity index is 465. The first-order valence-electron chi connectivity index (χ1n) is 7.81. The van der Waals surface area contributed by atoms with Crippen molar-refractivity contribution in [1.82, 2.24) is 10.2 Å². The lowest BCUT2D eigenvalue weighted by atomic mass is 9.83. The molecule has 0 spiro atoms. The maximum atomic E-state index is 12.6. The molecule has 3 rings (SSSR count). The van der Waals surface area contributed by atoms with Crippen molar-refractivity contribution in [2.45, 2.75) is 45.1 Å². The van der Waals surface area contributed by atoms with Gasteiger partial charge in [0.05, 0.1) is 6.67 Å². The van der Waals surface area contributed by atoms with Crippen LogP contribution in [-0.4, -0.2) is 24.0 Å². The minimum Gasteiger partial charge on any atom is -0.328 e. The molecule has 1 saturated heterocycles. The lowest BCUT2D eigenvalue weighted by molar-refractivity contribution is -0.130. The molecule has 1 N–H and O–H groups in total. The molecule has 1 aromatic rings. The first-order chi connectivity index (χ1) is 9.74. The molecular formula is C17H24N2O. The van der Waals surface area contributed by atoms with Crippen LogP contribution in [0.25, 0.3) is 0 Å². The molecule has 1 aliphatic heterocycles. The first kappa shape index (κ1) is 13.6. The normalized spacial score (nSPS) is 25.4. The van der Waals surface area contributed by atoms with E-state index in [4.69, 9.17) is 0 Å². The number of nitrogens with zero attached hydrogens (tertiary/aromatic N) is 1. The van der Waals surface area contributed by atoms with Gasteiger partial charge < -0.3 is 4.90 Å². The van der Waals surface area contributed by atoms with E-state index in [1.54, 1.807) is 0 Å². The number of carbonyl (C=O) groups is 1. The van der Waals surface area contributed by atoms with Gasteiger partial charge in [0.2, 0.25) is 5.91 Å². The Morgan fingerprint density at radius 1 is 1.25 bits per heavy atom. The molecule has 0 aromatic heterocycles. The Balaban J connectivity index is 1.70. The summed E-state index contributed by atoms with van der Waals surface area (Å²) in [5, 5.41) is 3.36. The van der Waals surface area contributed by atoms with Crippen LogP contribution in [0.5, 0.6) is 0 Å². The summed E-state index contributed by atoms with van der Waals surface area (Å²) >= 11 is 0. The maximum Gasteiger partial charge on any atom is 0.245 e. The van der Waals surface area contributed by atoms with E-state index in [1.807, 2.05) is 35.2 Å². The molecule has 1 aromatic carbocycles. The molecule has 2 fully saturated rings. The summed E-state index contributed by atoms with van der Waals surface area (Å²) in [5.41, 5.74) is 1.46. The average molecular weight is 272 g/mol. The molecule has 108 valence electrons. The van der Waals surface area contributed by atoms with Crippen molar-refractivity contribution >= 4 is 5.91 Å². The van der Waals surface area contributed by atoms with Gasteiger partial charge in [-0.15, -0.1) is 0 Å². The Labute approximate surface area is 121 Å². The van der Waals surface area contributed by atoms with Gasteiger partial charge in [-0.2, -0.15) is 0 Å². The van der Waals surface area contributed by atoms with Gasteiger partial charge in [-0.3, -0.25) is 10.1 Å². The molecule has 20 heavy (non-hydrogen) atoms. The van der Waals surface area contributed by atoms with Gasteiger partial charge in [0, 0.05) is 6.54 Å². The van der Waals surface area contributed by atoms with Crippen molar-refractivity contribution < 1.29 is 4.79 Å². The number of benzene rings is 1. The van der Waals surface area contributed by atoms with Gasteiger partial charge in [0.15, 0.2) is 0 Å². The first-order valence-corrected chi connectivity index (χ1v) is 7.81. The van der Waals surface area contributed by atoms with Gasteiger partial charge >= 0.3 is 0 Å². The number of hydrogen-bond donors (Lipinski definition) is 1. The number of rotatable bonds is 4. The van der Waals surface area contributed by atoms with E-state index in [-0.39, 0.29) is 11.9 Å². The van der Waals surface area contributed by atoms with Crippen LogP contribution in [-0.2, 0) is 4.79 Å². The summed E-state index contributed by atoms with van der Waals surface area (Å²) in [5.74, 6) is 0.246. The Hall–Kier alpha value is -1.35. The van der Waals surface area contributed by atoms with Gasteiger partial charge in [0.25, 0.3) is 0 Å². The summed E-state index contributed by atoms with van der Waals surface area (Å²) in [7, 11) is 0. The van der Waals surface area contributed by atoms with Crippen LogP contribution in [0.1, 0.15) is 50.6 Å². The molecule has 0 radical (unpaired) electrons. The molecule has 2 aliphatic rings. The Kier molecular flexibility index (Phi) is 3.79. The van der Waals surface area contributed by atoms with Crippen molar-refractivity contribution in [3.63, 3.8) is 0 Å². The number of nitrogens with one attached hydrogen (secondary N) is 1. The average Bonchev–Trinajstić information content (AvgIpc) is 3.09. The van der Waals surface area contributed by atoms with E-state index >= 15 is 0 Å². The predicted molar refractivity (Wildman–Crippen MR) is 80.1 cm³/mol. The van der Waals surface area contributed by atoms with Crippen LogP contribution < -0.4 is 5.32 Å². The third-order valence-electron chi connectivity index (χ3n) is 5.12. The highest BCUT2D eigenvalue weighted by atomic mass is 16.2. The van der Waals surface area contributed by atoms with Crippen LogP contribution in [0.15, 0.2) is 30.3 Å². The van der Waals surface area contributed by atoms with Crippen LogP contribution in [0.4, 0.5) is 0 Å². The highest BCUT2D eigenvalue weighted by Crippen LogP contribution is 2.42. The standard InChI is InChI=1S/C17H24N2O/c1-2-17(10-6-7-11-17)12-19-13-18-15(16(19)20)14-8-4-3-5-9-14/h3-5,8-9,15,18H,2,6-7,10-13H2,1H3. The van der Waals surface area contributed by atoms with Crippen molar-refractivity contribution in [2.75, 3.05) is 13.2 Å². The van der Waals surface area contributed by atoms with E-state index < -0.39 is 0 Å². The Morgan fingerprint density at radius 3 is 2.60 bits per heavy atom. The highest BCUT2D eigenvalue weighted by molar-refractivity contribution is 5.85. The monoisotopic (exact) mass is 272 g/mol. The summed E-state index contributed by atoms with van der Waals surface area (Å²) in [6.45, 7) is 3.90. The minimum atomic E-state index is -0.147. The molecule has 1 unspecified atom stereocenters. The second-order valence-corrected chi connectivity index (χ2v) is 6.30. The largest absolute Gasteiger partial charge is 0.328 e. The quantitative estimate of drug-likeness (QED) is 0.913. The molecule has 3 heteroatoms. The van der Waals surface area contributed by atoms with Gasteiger partial charge in [-0.05, 0) is 30.2 Å². The molecule has 0 bridgehead atoms. The highest BCUT2D eigenvalue weighted by Gasteiger charge is 2.39. The van der Waals surface area contributed by atoms with E-state index in [0.717, 1.165) is 12.1 Å². The summed E-state index contributed by atoms with van der Waals surface area (Å²) in [6, 6.07) is 9.90. The zero-order chi connectivity index (χ0) is 14.0. The van der Waals surface area contributed by atoms with Crippen LogP contribution in [0.3, 0.4) is 0 Å². The zero-order valence-electron chi connectivity index (χ0n) is 12.3. The van der Waals surface area contributed by atoms with Crippen LogP contribution in [0, 0.1) is 5.41 Å². The minimum absolute atomic E-state index is 0.147. The van der Waals surface area contributed by atoms with Crippen LogP contribution in [0.2, 0.25) is 0 Å². The van der Waals surface area contributed by atoms with Gasteiger partial charge in [-0.25, -0.2) is 0 Å². The Morgan fingerprint density at radius 2 is 1.95 bits per heavy atom. The molecule has 1 aliphatic carbocycles. The van der Waals surface area contributed by atoms with Gasteiger partial charge in [0.1, 0.15) is 6.04 Å². The number of carbonyl (C=O) groups excluding carboxylic acids is 1. The third-order valence-corrected chi connectivity index (χ3v) is 5.12. The number of amides is 1. The summed E-state index contributed by atoms with van der Waals surface area (Å²) < 4.78 is 0. The molecule has 3 nitrogen and oxygen atoms in total. The fraction of sp³-hybridized carbons (Fsp3) is 0.588. The summed E-state index contributed by atoms with van der Waals surface area (Å²) in [4.78, 5) is 14.6. The van der Waals surface area contributed by atoms with Crippen molar-refractivity contribution in [1.29, 1.82) is 0 Å². The van der Waals surface area contributed by atoms with E-state index in [0.29, 0.717) is 12.1 Å². The van der Waals surface area contributed by atoms with Crippen LogP contribution >= 0.6 is 0 Å². The lowest BCUT2D eigenvalue weighted by Gasteiger charge is -2.32. The molecule has 1 amide bonds. The topological polar surface area (TPSA) is 32.3 Å². The fourth-order valence-electron chi connectivity index (χ4n) is 3.74.